The third kappa shape index (κ3) is 2.52. The van der Waals surface area contributed by atoms with Gasteiger partial charge in [0, 0.05) is 22.8 Å². The smallest absolute Gasteiger partial charge is 0.161 e. The molecule has 0 spiro atoms. The Kier molecular flexibility index (Phi) is 3.85. The molecule has 0 saturated carbocycles. The molecule has 1 aromatic carbocycles. The van der Waals surface area contributed by atoms with Crippen molar-refractivity contribution in [2.24, 2.45) is 0 Å². The van der Waals surface area contributed by atoms with Gasteiger partial charge in [0.15, 0.2) is 6.10 Å². The second-order valence-corrected chi connectivity index (χ2v) is 4.24. The van der Waals surface area contributed by atoms with Gasteiger partial charge in [-0.05, 0) is 12.1 Å². The number of benzene rings is 1. The zero-order valence-corrected chi connectivity index (χ0v) is 10.0. The van der Waals surface area contributed by atoms with Crippen LogP contribution in [0.3, 0.4) is 0 Å². The van der Waals surface area contributed by atoms with E-state index in [-0.39, 0.29) is 6.61 Å². The lowest BCUT2D eigenvalue weighted by Gasteiger charge is -2.33. The molecule has 1 unspecified atom stereocenters. The van der Waals surface area contributed by atoms with E-state index in [9.17, 15) is 5.11 Å². The van der Waals surface area contributed by atoms with Gasteiger partial charge < -0.3 is 14.7 Å². The summed E-state index contributed by atoms with van der Waals surface area (Å²) in [6, 6.07) is 7.59. The van der Waals surface area contributed by atoms with Gasteiger partial charge in [0.05, 0.1) is 25.8 Å². The number of anilines is 1. The van der Waals surface area contributed by atoms with Crippen molar-refractivity contribution in [2.45, 2.75) is 12.7 Å². The van der Waals surface area contributed by atoms with Crippen LogP contribution in [0.4, 0.5) is 5.69 Å². The molecule has 17 heavy (non-hydrogen) atoms. The summed E-state index contributed by atoms with van der Waals surface area (Å²) in [5, 5.41) is 18.8. The number of nitriles is 1. The minimum Gasteiger partial charge on any atom is -0.392 e. The first-order valence-corrected chi connectivity index (χ1v) is 5.78. The van der Waals surface area contributed by atoms with Crippen molar-refractivity contribution in [1.82, 2.24) is 0 Å². The Labute approximate surface area is 105 Å². The number of halogens is 1. The molecular weight excluding hydrogens is 240 g/mol. The van der Waals surface area contributed by atoms with Crippen LogP contribution in [0, 0.1) is 11.3 Å². The summed E-state index contributed by atoms with van der Waals surface area (Å²) in [6.07, 6.45) is -0.422. The van der Waals surface area contributed by atoms with Gasteiger partial charge in [-0.3, -0.25) is 0 Å². The molecule has 1 atom stereocenters. The van der Waals surface area contributed by atoms with Crippen LogP contribution in [0.1, 0.15) is 5.56 Å². The largest absolute Gasteiger partial charge is 0.392 e. The molecule has 1 aliphatic heterocycles. The average Bonchev–Trinajstić information content (AvgIpc) is 2.38. The summed E-state index contributed by atoms with van der Waals surface area (Å²) in [5.41, 5.74) is 1.58. The van der Waals surface area contributed by atoms with Crippen molar-refractivity contribution in [3.05, 3.63) is 28.8 Å². The normalized spacial score (nSPS) is 20.1. The summed E-state index contributed by atoms with van der Waals surface area (Å²) >= 11 is 6.04. The highest BCUT2D eigenvalue weighted by atomic mass is 35.5. The maximum Gasteiger partial charge on any atom is 0.161 e. The highest BCUT2D eigenvalue weighted by molar-refractivity contribution is 6.31. The van der Waals surface area contributed by atoms with Crippen molar-refractivity contribution < 1.29 is 9.84 Å². The molecule has 1 saturated heterocycles. The van der Waals surface area contributed by atoms with Gasteiger partial charge in [-0.15, -0.1) is 0 Å². The molecule has 0 aromatic heterocycles. The Morgan fingerprint density at radius 3 is 3.12 bits per heavy atom. The van der Waals surface area contributed by atoms with Gasteiger partial charge in [-0.2, -0.15) is 5.26 Å². The van der Waals surface area contributed by atoms with E-state index in [2.05, 4.69) is 6.07 Å². The average molecular weight is 253 g/mol. The van der Waals surface area contributed by atoms with E-state index in [1.54, 1.807) is 6.07 Å². The fraction of sp³-hybridized carbons (Fsp3) is 0.417. The van der Waals surface area contributed by atoms with Gasteiger partial charge in [0.2, 0.25) is 0 Å². The van der Waals surface area contributed by atoms with Gasteiger partial charge in [-0.25, -0.2) is 0 Å². The molecule has 2 rings (SSSR count). The van der Waals surface area contributed by atoms with Crippen LogP contribution < -0.4 is 4.90 Å². The van der Waals surface area contributed by atoms with Crippen LogP contribution in [0.15, 0.2) is 18.2 Å². The number of hydrogen-bond donors (Lipinski definition) is 1. The van der Waals surface area contributed by atoms with Crippen molar-refractivity contribution in [1.29, 1.82) is 5.26 Å². The Bertz CT molecular complexity index is 445. The van der Waals surface area contributed by atoms with Crippen molar-refractivity contribution in [2.75, 3.05) is 24.6 Å². The fourth-order valence-electron chi connectivity index (χ4n) is 1.95. The van der Waals surface area contributed by atoms with E-state index in [4.69, 9.17) is 21.6 Å². The first kappa shape index (κ1) is 12.2. The lowest BCUT2D eigenvalue weighted by molar-refractivity contribution is 0.0763. The predicted molar refractivity (Wildman–Crippen MR) is 64.9 cm³/mol. The van der Waals surface area contributed by atoms with Crippen molar-refractivity contribution in [3.8, 4) is 6.07 Å². The van der Waals surface area contributed by atoms with E-state index in [0.29, 0.717) is 30.3 Å². The van der Waals surface area contributed by atoms with E-state index < -0.39 is 6.10 Å². The highest BCUT2D eigenvalue weighted by Gasteiger charge is 2.22. The molecule has 1 heterocycles. The van der Waals surface area contributed by atoms with Crippen LogP contribution >= 0.6 is 11.6 Å². The molecule has 0 bridgehead atoms. The van der Waals surface area contributed by atoms with Crippen molar-refractivity contribution in [3.63, 3.8) is 0 Å². The molecule has 0 aliphatic carbocycles. The standard InChI is InChI=1S/C12H13ClN2O2/c13-11-2-1-3-12(10(11)8-16)15-4-5-17-9(6-14)7-15/h1-3,9,16H,4-5,7-8H2. The summed E-state index contributed by atoms with van der Waals surface area (Å²) in [7, 11) is 0. The molecule has 1 aliphatic rings. The minimum absolute atomic E-state index is 0.108. The molecule has 1 fully saturated rings. The van der Waals surface area contributed by atoms with Crippen LogP contribution in [-0.4, -0.2) is 30.9 Å². The SMILES string of the molecule is N#CC1CN(c2cccc(Cl)c2CO)CCO1. The first-order valence-electron chi connectivity index (χ1n) is 5.40. The zero-order chi connectivity index (χ0) is 12.3. The van der Waals surface area contributed by atoms with Crippen LogP contribution in [-0.2, 0) is 11.3 Å². The van der Waals surface area contributed by atoms with Crippen LogP contribution in [0.2, 0.25) is 5.02 Å². The maximum absolute atomic E-state index is 9.35. The van der Waals surface area contributed by atoms with Gasteiger partial charge in [-0.1, -0.05) is 17.7 Å². The third-order valence-electron chi connectivity index (χ3n) is 2.80. The lowest BCUT2D eigenvalue weighted by Crippen LogP contribution is -2.42. The van der Waals surface area contributed by atoms with Crippen LogP contribution in [0.5, 0.6) is 0 Å². The number of ether oxygens (including phenoxy) is 1. The van der Waals surface area contributed by atoms with Crippen LogP contribution in [0.25, 0.3) is 0 Å². The second-order valence-electron chi connectivity index (χ2n) is 3.83. The monoisotopic (exact) mass is 252 g/mol. The number of aliphatic hydroxyl groups excluding tert-OH is 1. The van der Waals surface area contributed by atoms with Crippen molar-refractivity contribution >= 4 is 17.3 Å². The van der Waals surface area contributed by atoms with Gasteiger partial charge in [0.1, 0.15) is 0 Å². The fourth-order valence-corrected chi connectivity index (χ4v) is 2.18. The van der Waals surface area contributed by atoms with Gasteiger partial charge in [0.25, 0.3) is 0 Å². The second kappa shape index (κ2) is 5.37. The quantitative estimate of drug-likeness (QED) is 0.868. The predicted octanol–water partition coefficient (Wildman–Crippen LogP) is 1.56. The molecule has 0 amide bonds. The summed E-state index contributed by atoms with van der Waals surface area (Å²) in [5.74, 6) is 0. The Morgan fingerprint density at radius 2 is 2.41 bits per heavy atom. The van der Waals surface area contributed by atoms with E-state index in [1.165, 1.54) is 0 Å². The molecule has 1 aromatic rings. The van der Waals surface area contributed by atoms with E-state index in [1.807, 2.05) is 17.0 Å². The molecule has 5 heteroatoms. The maximum atomic E-state index is 9.35. The molecule has 4 nitrogen and oxygen atoms in total. The highest BCUT2D eigenvalue weighted by Crippen LogP contribution is 2.28. The Balaban J connectivity index is 2.28. The lowest BCUT2D eigenvalue weighted by atomic mass is 10.1. The number of nitrogens with zero attached hydrogens (tertiary/aromatic N) is 2. The zero-order valence-electron chi connectivity index (χ0n) is 9.27. The molecular formula is C12H13ClN2O2. The topological polar surface area (TPSA) is 56.5 Å². The Morgan fingerprint density at radius 1 is 1.59 bits per heavy atom. The summed E-state index contributed by atoms with van der Waals surface area (Å²) in [4.78, 5) is 2.02. The number of morpholine rings is 1. The summed E-state index contributed by atoms with van der Waals surface area (Å²) < 4.78 is 5.28. The first-order chi connectivity index (χ1) is 8.26. The Hall–Kier alpha value is -1.28. The third-order valence-corrected chi connectivity index (χ3v) is 3.16. The minimum atomic E-state index is -0.422. The molecule has 90 valence electrons. The number of aliphatic hydroxyl groups is 1. The number of hydrogen-bond acceptors (Lipinski definition) is 4. The van der Waals surface area contributed by atoms with E-state index >= 15 is 0 Å². The number of rotatable bonds is 2. The van der Waals surface area contributed by atoms with E-state index in [0.717, 1.165) is 5.69 Å². The summed E-state index contributed by atoms with van der Waals surface area (Å²) in [6.45, 7) is 1.61. The molecule has 0 radical (unpaired) electrons. The molecule has 1 N–H and O–H groups in total. The van der Waals surface area contributed by atoms with Gasteiger partial charge >= 0.3 is 0 Å².